The van der Waals surface area contributed by atoms with Crippen molar-refractivity contribution in [2.75, 3.05) is 19.5 Å². The summed E-state index contributed by atoms with van der Waals surface area (Å²) in [5.74, 6) is -2.24. The van der Waals surface area contributed by atoms with Gasteiger partial charge in [0.05, 0.1) is 19.8 Å². The van der Waals surface area contributed by atoms with Gasteiger partial charge in [0.2, 0.25) is 23.1 Å². The summed E-state index contributed by atoms with van der Waals surface area (Å²) in [6.45, 7) is 3.23. The molecule has 2 aromatic carbocycles. The zero-order chi connectivity index (χ0) is 28.5. The average Bonchev–Trinajstić information content (AvgIpc) is 2.91. The van der Waals surface area contributed by atoms with E-state index < -0.39 is 29.2 Å². The minimum atomic E-state index is -4.52. The van der Waals surface area contributed by atoms with Gasteiger partial charge in [-0.15, -0.1) is 0 Å². The third kappa shape index (κ3) is 5.05. The summed E-state index contributed by atoms with van der Waals surface area (Å²) in [7, 11) is 2.51. The van der Waals surface area contributed by atoms with Crippen LogP contribution in [0.3, 0.4) is 0 Å². The van der Waals surface area contributed by atoms with Gasteiger partial charge in [-0.2, -0.15) is 13.2 Å². The van der Waals surface area contributed by atoms with E-state index in [2.05, 4.69) is 10.3 Å². The van der Waals surface area contributed by atoms with Crippen LogP contribution in [0.4, 0.5) is 18.9 Å². The summed E-state index contributed by atoms with van der Waals surface area (Å²) in [6.07, 6.45) is -1.49. The molecule has 0 unspecified atom stereocenters. The average molecular weight is 537 g/mol. The van der Waals surface area contributed by atoms with Gasteiger partial charge in [0.1, 0.15) is 0 Å². The Balaban J connectivity index is 1.90. The van der Waals surface area contributed by atoms with Crippen molar-refractivity contribution < 1.29 is 37.0 Å². The number of methoxy groups -OCH3 is 2. The molecule has 1 heterocycles. The molecule has 1 aliphatic carbocycles. The molecule has 0 spiro atoms. The first kappa shape index (κ1) is 27.3. The number of carbonyl (C=O) groups excluding carboxylic acids is 3. The topological polar surface area (TPSA) is 94.6 Å². The number of hydrogen-bond donors (Lipinski definition) is 1. The maximum absolute atomic E-state index is 13.6. The van der Waals surface area contributed by atoms with Crippen molar-refractivity contribution >= 4 is 28.7 Å². The fourth-order valence-corrected chi connectivity index (χ4v) is 4.42. The van der Waals surface area contributed by atoms with Crippen LogP contribution in [-0.2, 0) is 25.2 Å². The van der Waals surface area contributed by atoms with Gasteiger partial charge in [0.25, 0.3) is 5.91 Å². The summed E-state index contributed by atoms with van der Waals surface area (Å²) in [4.78, 5) is 44.3. The highest BCUT2D eigenvalue weighted by atomic mass is 19.4. The predicted molar refractivity (Wildman–Crippen MR) is 137 cm³/mol. The number of carbonyl (C=O) groups is 3. The first-order chi connectivity index (χ1) is 18.5. The molecule has 1 aliphatic rings. The molecule has 0 atom stereocenters. The van der Waals surface area contributed by atoms with E-state index in [1.165, 1.54) is 33.5 Å². The summed E-state index contributed by atoms with van der Waals surface area (Å²) >= 11 is 0. The number of ether oxygens (including phenoxy) is 2. The highest BCUT2D eigenvalue weighted by molar-refractivity contribution is 6.39. The first-order valence-corrected chi connectivity index (χ1v) is 11.6. The molecule has 0 radical (unpaired) electrons. The van der Waals surface area contributed by atoms with E-state index in [4.69, 9.17) is 9.47 Å². The number of nitrogens with zero attached hydrogens (tertiary/aromatic N) is 1. The molecule has 1 aromatic heterocycles. The maximum atomic E-state index is 13.6. The van der Waals surface area contributed by atoms with Crippen LogP contribution in [-0.4, -0.2) is 36.7 Å². The van der Waals surface area contributed by atoms with E-state index >= 15 is 0 Å². The molecule has 39 heavy (non-hydrogen) atoms. The Kier molecular flexibility index (Phi) is 7.40. The highest BCUT2D eigenvalue weighted by Crippen LogP contribution is 2.40. The van der Waals surface area contributed by atoms with Gasteiger partial charge < -0.3 is 14.8 Å². The Bertz CT molecular complexity index is 1540. The number of anilines is 1. The van der Waals surface area contributed by atoms with E-state index in [-0.39, 0.29) is 33.9 Å². The third-order valence-corrected chi connectivity index (χ3v) is 6.32. The van der Waals surface area contributed by atoms with Gasteiger partial charge in [-0.3, -0.25) is 19.4 Å². The number of alkyl halides is 3. The Morgan fingerprint density at radius 2 is 1.41 bits per heavy atom. The van der Waals surface area contributed by atoms with Crippen LogP contribution in [0.15, 0.2) is 78.0 Å². The molecule has 0 bridgehead atoms. The molecular formula is C29H23F3N2O5. The molecule has 4 rings (SSSR count). The molecule has 1 amide bonds. The predicted octanol–water partition coefficient (Wildman–Crippen LogP) is 5.76. The SMILES string of the molecule is COC1=C(OC)C(=O)C(c2c(C)ccc(C(=O)Nc3ccc(C(F)(F)F)cc3)c2-c2ccncc2)=C(C)C1=O. The van der Waals surface area contributed by atoms with Crippen LogP contribution < -0.4 is 5.32 Å². The second kappa shape index (κ2) is 10.6. The molecule has 0 fully saturated rings. The van der Waals surface area contributed by atoms with Crippen molar-refractivity contribution in [2.24, 2.45) is 0 Å². The number of nitrogens with one attached hydrogen (secondary N) is 1. The molecule has 0 saturated carbocycles. The third-order valence-electron chi connectivity index (χ3n) is 6.32. The van der Waals surface area contributed by atoms with Gasteiger partial charge in [0, 0.05) is 40.4 Å². The molecular weight excluding hydrogens is 513 g/mol. The van der Waals surface area contributed by atoms with Gasteiger partial charge >= 0.3 is 6.18 Å². The van der Waals surface area contributed by atoms with Crippen LogP contribution in [0.1, 0.15) is 34.0 Å². The van der Waals surface area contributed by atoms with Crippen molar-refractivity contribution in [1.82, 2.24) is 4.98 Å². The van der Waals surface area contributed by atoms with Gasteiger partial charge in [0.15, 0.2) is 0 Å². The number of pyridine rings is 1. The van der Waals surface area contributed by atoms with E-state index in [1.54, 1.807) is 31.2 Å². The van der Waals surface area contributed by atoms with Crippen molar-refractivity contribution in [1.29, 1.82) is 0 Å². The number of aromatic nitrogens is 1. The zero-order valence-electron chi connectivity index (χ0n) is 21.4. The second-order valence-corrected chi connectivity index (χ2v) is 8.67. The quantitative estimate of drug-likeness (QED) is 0.403. The smallest absolute Gasteiger partial charge is 0.416 e. The summed E-state index contributed by atoms with van der Waals surface area (Å²) in [5, 5.41) is 2.62. The number of amides is 1. The number of rotatable bonds is 6. The number of halogens is 3. The molecule has 10 heteroatoms. The first-order valence-electron chi connectivity index (χ1n) is 11.6. The largest absolute Gasteiger partial charge is 0.489 e. The van der Waals surface area contributed by atoms with E-state index in [1.807, 2.05) is 0 Å². The fourth-order valence-electron chi connectivity index (χ4n) is 4.42. The second-order valence-electron chi connectivity index (χ2n) is 8.67. The van der Waals surface area contributed by atoms with Crippen molar-refractivity contribution in [3.63, 3.8) is 0 Å². The number of ketones is 2. The highest BCUT2D eigenvalue weighted by Gasteiger charge is 2.38. The van der Waals surface area contributed by atoms with Crippen LogP contribution in [0.2, 0.25) is 0 Å². The lowest BCUT2D eigenvalue weighted by Gasteiger charge is -2.24. The summed E-state index contributed by atoms with van der Waals surface area (Å²) in [5.41, 5.74) is 1.38. The Morgan fingerprint density at radius 1 is 0.821 bits per heavy atom. The minimum absolute atomic E-state index is 0.0474. The molecule has 0 aliphatic heterocycles. The molecule has 7 nitrogen and oxygen atoms in total. The Hall–Kier alpha value is -4.73. The Morgan fingerprint density at radius 3 is 1.97 bits per heavy atom. The van der Waals surface area contributed by atoms with Crippen LogP contribution in [0, 0.1) is 6.92 Å². The van der Waals surface area contributed by atoms with Gasteiger partial charge in [-0.25, -0.2) is 0 Å². The maximum Gasteiger partial charge on any atom is 0.416 e. The minimum Gasteiger partial charge on any atom is -0.489 e. The van der Waals surface area contributed by atoms with E-state index in [0.717, 1.165) is 24.3 Å². The van der Waals surface area contributed by atoms with Crippen LogP contribution in [0.25, 0.3) is 16.7 Å². The molecule has 200 valence electrons. The number of benzene rings is 2. The van der Waals surface area contributed by atoms with Crippen LogP contribution >= 0.6 is 0 Å². The lowest BCUT2D eigenvalue weighted by molar-refractivity contribution is -0.137. The fraction of sp³-hybridized carbons (Fsp3) is 0.172. The zero-order valence-corrected chi connectivity index (χ0v) is 21.4. The normalized spacial score (nSPS) is 14.0. The lowest BCUT2D eigenvalue weighted by Crippen LogP contribution is -2.25. The number of allylic oxidation sites excluding steroid dienone is 2. The van der Waals surface area contributed by atoms with Crippen LogP contribution in [0.5, 0.6) is 0 Å². The summed E-state index contributed by atoms with van der Waals surface area (Å²) < 4.78 is 49.3. The molecule has 1 N–H and O–H groups in total. The van der Waals surface area contributed by atoms with Gasteiger partial charge in [-0.1, -0.05) is 6.07 Å². The van der Waals surface area contributed by atoms with Crippen molar-refractivity contribution in [2.45, 2.75) is 20.0 Å². The molecule has 3 aromatic rings. The number of Topliss-reactive ketones (excluding diaryl/α,β-unsaturated/α-hetero) is 2. The van der Waals surface area contributed by atoms with Gasteiger partial charge in [-0.05, 0) is 73.0 Å². The number of aryl methyl sites for hydroxylation is 1. The Labute approximate surface area is 222 Å². The standard InChI is InChI=1S/C29H23F3N2O5/c1-15-5-10-20(28(37)34-19-8-6-18(7-9-19)29(30,31)32)23(17-11-13-33-14-12-17)21(15)22-16(2)24(35)26(38-3)27(39-4)25(22)36/h5-14H,1-4H3,(H,34,37). The number of hydrogen-bond acceptors (Lipinski definition) is 6. The molecule has 0 saturated heterocycles. The van der Waals surface area contributed by atoms with E-state index in [0.29, 0.717) is 22.3 Å². The van der Waals surface area contributed by atoms with E-state index in [9.17, 15) is 27.6 Å². The summed E-state index contributed by atoms with van der Waals surface area (Å²) in [6, 6.07) is 10.5. The lowest BCUT2D eigenvalue weighted by atomic mass is 9.80. The monoisotopic (exact) mass is 536 g/mol. The van der Waals surface area contributed by atoms with Crippen molar-refractivity contribution in [3.8, 4) is 11.1 Å². The van der Waals surface area contributed by atoms with Crippen molar-refractivity contribution in [3.05, 3.63) is 100 Å².